The van der Waals surface area contributed by atoms with Gasteiger partial charge in [-0.2, -0.15) is 8.78 Å². The van der Waals surface area contributed by atoms with Crippen molar-refractivity contribution in [2.24, 2.45) is 5.41 Å². The van der Waals surface area contributed by atoms with Crippen LogP contribution in [0.3, 0.4) is 0 Å². The van der Waals surface area contributed by atoms with Gasteiger partial charge in [-0.1, -0.05) is 6.92 Å². The summed E-state index contributed by atoms with van der Waals surface area (Å²) in [7, 11) is 2.15. The van der Waals surface area contributed by atoms with Gasteiger partial charge in [0.1, 0.15) is 10.6 Å². The van der Waals surface area contributed by atoms with Crippen LogP contribution in [0.15, 0.2) is 6.07 Å². The molecule has 0 saturated carbocycles. The lowest BCUT2D eigenvalue weighted by atomic mass is 9.79. The highest BCUT2D eigenvalue weighted by atomic mass is 32.1. The molecule has 0 atom stereocenters. The van der Waals surface area contributed by atoms with Crippen LogP contribution < -0.4 is 4.74 Å². The van der Waals surface area contributed by atoms with Crippen LogP contribution in [0, 0.1) is 12.3 Å². The number of likely N-dealkylation sites (N-methyl/N-ethyl adjacent to an activating group) is 1. The van der Waals surface area contributed by atoms with Crippen LogP contribution in [0.25, 0.3) is 0 Å². The monoisotopic (exact) mass is 401 g/mol. The summed E-state index contributed by atoms with van der Waals surface area (Å²) < 4.78 is 29.8. The van der Waals surface area contributed by atoms with Crippen molar-refractivity contribution in [1.29, 1.82) is 0 Å². The minimum absolute atomic E-state index is 0.00303. The van der Waals surface area contributed by atoms with Crippen LogP contribution in [-0.2, 0) is 0 Å². The largest absolute Gasteiger partial charge is 0.433 e. The summed E-state index contributed by atoms with van der Waals surface area (Å²) in [6.07, 6.45) is 1.86. The summed E-state index contributed by atoms with van der Waals surface area (Å²) in [4.78, 5) is 20.6. The maximum Gasteiger partial charge on any atom is 0.387 e. The number of halogens is 2. The second kappa shape index (κ2) is 8.41. The molecular weight excluding hydrogens is 372 g/mol. The molecule has 2 aliphatic rings. The van der Waals surface area contributed by atoms with E-state index >= 15 is 0 Å². The van der Waals surface area contributed by atoms with Crippen LogP contribution >= 0.6 is 11.3 Å². The quantitative estimate of drug-likeness (QED) is 0.760. The van der Waals surface area contributed by atoms with Crippen molar-refractivity contribution in [2.45, 2.75) is 33.3 Å². The first-order valence-corrected chi connectivity index (χ1v) is 10.3. The number of piperidine rings is 1. The van der Waals surface area contributed by atoms with E-state index < -0.39 is 6.61 Å². The summed E-state index contributed by atoms with van der Waals surface area (Å²) in [6, 6.07) is 1.52. The van der Waals surface area contributed by atoms with Gasteiger partial charge in [0.25, 0.3) is 5.91 Å². The van der Waals surface area contributed by atoms with Gasteiger partial charge in [0.2, 0.25) is 0 Å². The van der Waals surface area contributed by atoms with Crippen molar-refractivity contribution in [3.05, 3.63) is 15.8 Å². The van der Waals surface area contributed by atoms with Gasteiger partial charge < -0.3 is 19.4 Å². The van der Waals surface area contributed by atoms with Crippen LogP contribution in [-0.4, -0.2) is 80.1 Å². The summed E-state index contributed by atoms with van der Waals surface area (Å²) in [5, 5.41) is 0. The lowest BCUT2D eigenvalue weighted by Crippen LogP contribution is -2.51. The van der Waals surface area contributed by atoms with E-state index in [1.165, 1.54) is 17.4 Å². The second-order valence-electron chi connectivity index (χ2n) is 8.11. The summed E-state index contributed by atoms with van der Waals surface area (Å²) >= 11 is 1.22. The molecule has 0 unspecified atom stereocenters. The molecular formula is C19H29F2N3O2S. The third-order valence-corrected chi connectivity index (χ3v) is 6.71. The zero-order valence-corrected chi connectivity index (χ0v) is 17.2. The molecule has 5 nitrogen and oxygen atoms in total. The maximum absolute atomic E-state index is 12.8. The standard InChI is InChI=1S/C19H29F2N3O2S/c1-14-12-15(26-18(20)21)16(27-14)17(25)24-6-4-19(2,5-7-24)13-23-10-8-22(3)9-11-23/h12,18H,4-11,13H2,1-3H3. The van der Waals surface area contributed by atoms with E-state index in [4.69, 9.17) is 0 Å². The Hall–Kier alpha value is -1.25. The van der Waals surface area contributed by atoms with Gasteiger partial charge in [-0.15, -0.1) is 11.3 Å². The molecule has 0 bridgehead atoms. The molecule has 8 heteroatoms. The highest BCUT2D eigenvalue weighted by molar-refractivity contribution is 7.14. The maximum atomic E-state index is 12.8. The number of amides is 1. The zero-order chi connectivity index (χ0) is 19.6. The Balaban J connectivity index is 1.58. The first-order chi connectivity index (χ1) is 12.8. The Morgan fingerprint density at radius 2 is 1.85 bits per heavy atom. The molecule has 152 valence electrons. The second-order valence-corrected chi connectivity index (χ2v) is 9.37. The molecule has 0 aromatic carbocycles. The third kappa shape index (κ3) is 5.18. The van der Waals surface area contributed by atoms with Gasteiger partial charge in [-0.05, 0) is 38.3 Å². The predicted octanol–water partition coefficient (Wildman–Crippen LogP) is 3.15. The number of aryl methyl sites for hydroxylation is 1. The van der Waals surface area contributed by atoms with Crippen molar-refractivity contribution in [3.63, 3.8) is 0 Å². The SMILES string of the molecule is Cc1cc(OC(F)F)c(C(=O)N2CCC(C)(CN3CCN(C)CC3)CC2)s1. The fourth-order valence-corrected chi connectivity index (χ4v) is 4.83. The van der Waals surface area contributed by atoms with Crippen LogP contribution in [0.1, 0.15) is 34.3 Å². The molecule has 0 radical (unpaired) electrons. The smallest absolute Gasteiger partial charge is 0.387 e. The molecule has 2 fully saturated rings. The average molecular weight is 402 g/mol. The number of piperazine rings is 1. The molecule has 2 aliphatic heterocycles. The first kappa shape index (κ1) is 20.5. The number of nitrogens with zero attached hydrogens (tertiary/aromatic N) is 3. The Labute approximate surface area is 163 Å². The minimum Gasteiger partial charge on any atom is -0.433 e. The normalized spacial score (nSPS) is 21.6. The van der Waals surface area contributed by atoms with E-state index in [1.54, 1.807) is 11.8 Å². The lowest BCUT2D eigenvalue weighted by molar-refractivity contribution is -0.0500. The number of hydrogen-bond acceptors (Lipinski definition) is 5. The number of carbonyl (C=O) groups is 1. The topological polar surface area (TPSA) is 36.0 Å². The summed E-state index contributed by atoms with van der Waals surface area (Å²) in [5.41, 5.74) is 0.195. The first-order valence-electron chi connectivity index (χ1n) is 9.51. The number of hydrogen-bond donors (Lipinski definition) is 0. The Morgan fingerprint density at radius 1 is 1.22 bits per heavy atom. The van der Waals surface area contributed by atoms with Crippen molar-refractivity contribution in [2.75, 3.05) is 52.9 Å². The Morgan fingerprint density at radius 3 is 2.44 bits per heavy atom. The molecule has 1 aromatic heterocycles. The third-order valence-electron chi connectivity index (χ3n) is 5.69. The van der Waals surface area contributed by atoms with E-state index in [2.05, 4.69) is 28.5 Å². The van der Waals surface area contributed by atoms with Crippen molar-refractivity contribution in [3.8, 4) is 5.75 Å². The fraction of sp³-hybridized carbons (Fsp3) is 0.737. The highest BCUT2D eigenvalue weighted by Crippen LogP contribution is 2.36. The van der Waals surface area contributed by atoms with E-state index in [1.807, 2.05) is 0 Å². The Bertz CT molecular complexity index is 651. The van der Waals surface area contributed by atoms with E-state index in [0.717, 1.165) is 50.4 Å². The molecule has 1 amide bonds. The molecule has 1 aromatic rings. The van der Waals surface area contributed by atoms with Gasteiger partial charge in [0, 0.05) is 50.7 Å². The van der Waals surface area contributed by atoms with Crippen molar-refractivity contribution >= 4 is 17.2 Å². The molecule has 0 spiro atoms. The van der Waals surface area contributed by atoms with Crippen molar-refractivity contribution in [1.82, 2.24) is 14.7 Å². The molecule has 0 N–H and O–H groups in total. The Kier molecular flexibility index (Phi) is 6.38. The van der Waals surface area contributed by atoms with Gasteiger partial charge in [0.05, 0.1) is 0 Å². The van der Waals surface area contributed by atoms with E-state index in [-0.39, 0.29) is 21.9 Å². The minimum atomic E-state index is -2.92. The number of thiophene rings is 1. The number of ether oxygens (including phenoxy) is 1. The summed E-state index contributed by atoms with van der Waals surface area (Å²) in [6.45, 7) is 7.95. The predicted molar refractivity (Wildman–Crippen MR) is 103 cm³/mol. The van der Waals surface area contributed by atoms with Gasteiger partial charge in [-0.25, -0.2) is 0 Å². The zero-order valence-electron chi connectivity index (χ0n) is 16.3. The summed E-state index contributed by atoms with van der Waals surface area (Å²) in [5.74, 6) is -0.186. The highest BCUT2D eigenvalue weighted by Gasteiger charge is 2.35. The molecule has 2 saturated heterocycles. The van der Waals surface area contributed by atoms with Gasteiger partial charge >= 0.3 is 6.61 Å². The molecule has 27 heavy (non-hydrogen) atoms. The van der Waals surface area contributed by atoms with E-state index in [0.29, 0.717) is 13.1 Å². The van der Waals surface area contributed by atoms with Crippen LogP contribution in [0.5, 0.6) is 5.75 Å². The number of likely N-dealkylation sites (tertiary alicyclic amines) is 1. The molecule has 0 aliphatic carbocycles. The lowest BCUT2D eigenvalue weighted by Gasteiger charge is -2.44. The van der Waals surface area contributed by atoms with Crippen molar-refractivity contribution < 1.29 is 18.3 Å². The van der Waals surface area contributed by atoms with E-state index in [9.17, 15) is 13.6 Å². The van der Waals surface area contributed by atoms with Gasteiger partial charge in [0.15, 0.2) is 0 Å². The number of rotatable bonds is 5. The fourth-order valence-electron chi connectivity index (χ4n) is 3.92. The molecule has 3 heterocycles. The van der Waals surface area contributed by atoms with Crippen LogP contribution in [0.4, 0.5) is 8.78 Å². The molecule has 3 rings (SSSR count). The van der Waals surface area contributed by atoms with Gasteiger partial charge in [-0.3, -0.25) is 4.79 Å². The van der Waals surface area contributed by atoms with Crippen LogP contribution in [0.2, 0.25) is 0 Å². The average Bonchev–Trinajstić information content (AvgIpc) is 2.96. The number of carbonyl (C=O) groups excluding carboxylic acids is 1. The number of alkyl halides is 2.